The van der Waals surface area contributed by atoms with E-state index in [1.165, 1.54) is 6.42 Å². The molecule has 70 valence electrons. The van der Waals surface area contributed by atoms with Gasteiger partial charge < -0.3 is 9.30 Å². The molecule has 4 nitrogen and oxygen atoms in total. The topological polar surface area (TPSA) is 39.9 Å². The summed E-state index contributed by atoms with van der Waals surface area (Å²) in [5, 5.41) is 8.18. The van der Waals surface area contributed by atoms with Crippen LogP contribution in [0.5, 0.6) is 0 Å². The molecule has 0 N–H and O–H groups in total. The Hall–Kier alpha value is -0.900. The highest BCUT2D eigenvalue weighted by Crippen LogP contribution is 2.57. The highest BCUT2D eigenvalue weighted by atomic mass is 16.5. The first kappa shape index (κ1) is 7.50. The van der Waals surface area contributed by atoms with Gasteiger partial charge in [0.1, 0.15) is 12.2 Å². The summed E-state index contributed by atoms with van der Waals surface area (Å²) in [5.74, 6) is 1.85. The molecule has 2 fully saturated rings. The van der Waals surface area contributed by atoms with E-state index in [9.17, 15) is 0 Å². The Labute approximate surface area is 76.9 Å². The van der Waals surface area contributed by atoms with E-state index in [4.69, 9.17) is 4.74 Å². The van der Waals surface area contributed by atoms with Gasteiger partial charge >= 0.3 is 0 Å². The third-order valence-corrected chi connectivity index (χ3v) is 3.31. The lowest BCUT2D eigenvalue weighted by Crippen LogP contribution is -2.18. The third-order valence-electron chi connectivity index (χ3n) is 3.31. The minimum Gasteiger partial charge on any atom is -0.380 e. The molecular formula is C9H13N3O. The minimum absolute atomic E-state index is 0.243. The Kier molecular flexibility index (Phi) is 1.34. The average molecular weight is 179 g/mol. The zero-order valence-electron chi connectivity index (χ0n) is 7.73. The normalized spacial score (nSPS) is 36.2. The summed E-state index contributed by atoms with van der Waals surface area (Å²) in [6.45, 7) is 4.83. The summed E-state index contributed by atoms with van der Waals surface area (Å²) in [6, 6.07) is 0. The fraction of sp³-hybridized carbons (Fsp3) is 0.778. The van der Waals surface area contributed by atoms with Gasteiger partial charge in [-0.15, -0.1) is 10.2 Å². The van der Waals surface area contributed by atoms with Crippen LogP contribution >= 0.6 is 0 Å². The van der Waals surface area contributed by atoms with Gasteiger partial charge in [-0.3, -0.25) is 0 Å². The van der Waals surface area contributed by atoms with Gasteiger partial charge in [-0.05, 0) is 19.3 Å². The largest absolute Gasteiger partial charge is 0.380 e. The molecule has 0 amide bonds. The van der Waals surface area contributed by atoms with E-state index in [-0.39, 0.29) is 5.41 Å². The number of hydrogen-bond donors (Lipinski definition) is 0. The molecule has 4 heteroatoms. The number of aryl methyl sites for hydroxylation is 1. The van der Waals surface area contributed by atoms with Crippen LogP contribution in [0.2, 0.25) is 0 Å². The predicted octanol–water partition coefficient (Wildman–Crippen LogP) is 0.586. The number of fused-ring (bicyclic) bond motifs is 1. The van der Waals surface area contributed by atoms with Gasteiger partial charge in [-0.25, -0.2) is 0 Å². The second-order valence-electron chi connectivity index (χ2n) is 4.01. The van der Waals surface area contributed by atoms with Crippen molar-refractivity contribution >= 4 is 0 Å². The van der Waals surface area contributed by atoms with E-state index in [0.29, 0.717) is 5.92 Å². The Bertz CT molecular complexity index is 335. The molecule has 1 aromatic rings. The van der Waals surface area contributed by atoms with E-state index in [1.54, 1.807) is 0 Å². The maximum absolute atomic E-state index is 5.45. The third kappa shape index (κ3) is 0.839. The molecule has 1 saturated heterocycles. The smallest absolute Gasteiger partial charge is 0.141 e. The predicted molar refractivity (Wildman–Crippen MR) is 46.3 cm³/mol. The van der Waals surface area contributed by atoms with E-state index < -0.39 is 0 Å². The molecular weight excluding hydrogens is 166 g/mol. The number of nitrogens with zero attached hydrogens (tertiary/aromatic N) is 3. The standard InChI is InChI=1S/C9H13N3O/c1-2-12-6-10-11-8(12)9-3-7(9)4-13-5-9/h6-7H,2-5H2,1H3. The molecule has 2 atom stereocenters. The molecule has 2 unspecified atom stereocenters. The summed E-state index contributed by atoms with van der Waals surface area (Å²) >= 11 is 0. The summed E-state index contributed by atoms with van der Waals surface area (Å²) < 4.78 is 7.59. The van der Waals surface area contributed by atoms with Gasteiger partial charge in [0.05, 0.1) is 18.6 Å². The number of hydrogen-bond acceptors (Lipinski definition) is 3. The van der Waals surface area contributed by atoms with Gasteiger partial charge in [0, 0.05) is 6.54 Å². The monoisotopic (exact) mass is 179 g/mol. The molecule has 2 heterocycles. The van der Waals surface area contributed by atoms with Crippen LogP contribution in [0.1, 0.15) is 19.2 Å². The van der Waals surface area contributed by atoms with E-state index >= 15 is 0 Å². The van der Waals surface area contributed by atoms with Gasteiger partial charge in [0.2, 0.25) is 0 Å². The SMILES string of the molecule is CCn1cnnc1C12COCC1C2. The Morgan fingerprint density at radius 2 is 2.69 bits per heavy atom. The van der Waals surface area contributed by atoms with Crippen molar-refractivity contribution in [3.63, 3.8) is 0 Å². The van der Waals surface area contributed by atoms with Crippen molar-refractivity contribution in [2.45, 2.75) is 25.3 Å². The fourth-order valence-corrected chi connectivity index (χ4v) is 2.37. The Balaban J connectivity index is 2.00. The molecule has 0 bridgehead atoms. The summed E-state index contributed by atoms with van der Waals surface area (Å²) in [4.78, 5) is 0. The number of ether oxygens (including phenoxy) is 1. The first-order valence-corrected chi connectivity index (χ1v) is 4.83. The summed E-state index contributed by atoms with van der Waals surface area (Å²) in [5.41, 5.74) is 0.243. The van der Waals surface area contributed by atoms with E-state index in [2.05, 4.69) is 21.7 Å². The highest BCUT2D eigenvalue weighted by molar-refractivity contribution is 5.25. The molecule has 2 aliphatic rings. The van der Waals surface area contributed by atoms with Crippen molar-refractivity contribution < 1.29 is 4.74 Å². The molecule has 1 saturated carbocycles. The van der Waals surface area contributed by atoms with E-state index in [1.807, 2.05) is 6.33 Å². The first-order chi connectivity index (χ1) is 6.37. The zero-order chi connectivity index (χ0) is 8.89. The lowest BCUT2D eigenvalue weighted by Gasteiger charge is -2.10. The van der Waals surface area contributed by atoms with Crippen LogP contribution in [0.3, 0.4) is 0 Å². The quantitative estimate of drug-likeness (QED) is 0.667. The van der Waals surface area contributed by atoms with Gasteiger partial charge in [0.25, 0.3) is 0 Å². The molecule has 0 radical (unpaired) electrons. The molecule has 1 aliphatic carbocycles. The highest BCUT2D eigenvalue weighted by Gasteiger charge is 2.62. The van der Waals surface area contributed by atoms with Crippen LogP contribution in [0.4, 0.5) is 0 Å². The second kappa shape index (κ2) is 2.32. The molecule has 0 aromatic carbocycles. The maximum atomic E-state index is 5.45. The minimum atomic E-state index is 0.243. The fourth-order valence-electron chi connectivity index (χ4n) is 2.37. The van der Waals surface area contributed by atoms with Gasteiger partial charge in [-0.2, -0.15) is 0 Å². The average Bonchev–Trinajstić information content (AvgIpc) is 2.59. The van der Waals surface area contributed by atoms with E-state index in [0.717, 1.165) is 25.6 Å². The van der Waals surface area contributed by atoms with Gasteiger partial charge in [-0.1, -0.05) is 0 Å². The Morgan fingerprint density at radius 3 is 3.31 bits per heavy atom. The van der Waals surface area contributed by atoms with Crippen LogP contribution in [-0.2, 0) is 16.7 Å². The van der Waals surface area contributed by atoms with Crippen LogP contribution < -0.4 is 0 Å². The molecule has 3 rings (SSSR count). The van der Waals surface area contributed by atoms with Crippen LogP contribution in [-0.4, -0.2) is 28.0 Å². The zero-order valence-corrected chi connectivity index (χ0v) is 7.73. The Morgan fingerprint density at radius 1 is 1.77 bits per heavy atom. The van der Waals surface area contributed by atoms with Crippen molar-refractivity contribution in [1.29, 1.82) is 0 Å². The van der Waals surface area contributed by atoms with Crippen molar-refractivity contribution in [3.05, 3.63) is 12.2 Å². The van der Waals surface area contributed by atoms with Crippen molar-refractivity contribution in [3.8, 4) is 0 Å². The van der Waals surface area contributed by atoms with Crippen LogP contribution in [0, 0.1) is 5.92 Å². The summed E-state index contributed by atoms with van der Waals surface area (Å²) in [7, 11) is 0. The lowest BCUT2D eigenvalue weighted by atomic mass is 10.1. The van der Waals surface area contributed by atoms with Crippen LogP contribution in [0.25, 0.3) is 0 Å². The van der Waals surface area contributed by atoms with Crippen molar-refractivity contribution in [2.24, 2.45) is 5.92 Å². The number of rotatable bonds is 2. The summed E-state index contributed by atoms with van der Waals surface area (Å²) in [6.07, 6.45) is 3.06. The first-order valence-electron chi connectivity index (χ1n) is 4.83. The lowest BCUT2D eigenvalue weighted by molar-refractivity contribution is 0.158. The number of aromatic nitrogens is 3. The molecule has 13 heavy (non-hydrogen) atoms. The van der Waals surface area contributed by atoms with Crippen LogP contribution in [0.15, 0.2) is 6.33 Å². The second-order valence-corrected chi connectivity index (χ2v) is 4.01. The molecule has 1 aliphatic heterocycles. The molecule has 1 aromatic heterocycles. The maximum Gasteiger partial charge on any atom is 0.141 e. The van der Waals surface area contributed by atoms with Crippen molar-refractivity contribution in [2.75, 3.05) is 13.2 Å². The van der Waals surface area contributed by atoms with Gasteiger partial charge in [0.15, 0.2) is 0 Å². The molecule has 0 spiro atoms. The van der Waals surface area contributed by atoms with Crippen molar-refractivity contribution in [1.82, 2.24) is 14.8 Å².